The molecule has 9 nitrogen and oxygen atoms in total. The van der Waals surface area contributed by atoms with E-state index in [0.29, 0.717) is 36.5 Å². The van der Waals surface area contributed by atoms with Gasteiger partial charge >= 0.3 is 11.9 Å². The van der Waals surface area contributed by atoms with E-state index in [4.69, 9.17) is 33.0 Å². The van der Waals surface area contributed by atoms with Crippen molar-refractivity contribution in [2.75, 3.05) is 19.7 Å². The first-order valence-electron chi connectivity index (χ1n) is 14.1. The largest absolute Gasteiger partial charge is 0.494 e. The zero-order valence-electron chi connectivity index (χ0n) is 24.8. The Morgan fingerprint density at radius 2 is 1.74 bits per heavy atom. The third-order valence-electron chi connectivity index (χ3n) is 8.27. The Morgan fingerprint density at radius 1 is 1.07 bits per heavy atom. The summed E-state index contributed by atoms with van der Waals surface area (Å²) in [5.41, 5.74) is 9.21. The van der Waals surface area contributed by atoms with E-state index in [-0.39, 0.29) is 19.0 Å². The van der Waals surface area contributed by atoms with Gasteiger partial charge in [0.25, 0.3) is 5.91 Å². The number of carboxylic acids is 1. The fourth-order valence-corrected chi connectivity index (χ4v) is 6.41. The van der Waals surface area contributed by atoms with Gasteiger partial charge in [-0.15, -0.1) is 0 Å². The first-order valence-corrected chi connectivity index (χ1v) is 14.9. The van der Waals surface area contributed by atoms with Gasteiger partial charge in [-0.25, -0.2) is 4.79 Å². The number of halogens is 2. The van der Waals surface area contributed by atoms with Crippen molar-refractivity contribution in [2.45, 2.75) is 53.0 Å². The minimum atomic E-state index is -1.54. The number of amides is 2. The number of carbonyl (C=O) groups is 3. The number of nitrogens with one attached hydrogen (secondary N) is 1. The van der Waals surface area contributed by atoms with Crippen molar-refractivity contribution in [1.29, 1.82) is 0 Å². The van der Waals surface area contributed by atoms with Gasteiger partial charge in [0.1, 0.15) is 5.75 Å². The highest BCUT2D eigenvalue weighted by Gasteiger charge is 2.38. The van der Waals surface area contributed by atoms with Crippen molar-refractivity contribution in [1.82, 2.24) is 20.0 Å². The van der Waals surface area contributed by atoms with Crippen LogP contribution in [-0.2, 0) is 27.9 Å². The number of aromatic nitrogens is 2. The lowest BCUT2D eigenvalue weighted by atomic mass is 9.93. The molecule has 2 N–H and O–H groups in total. The molecule has 226 valence electrons. The number of allylic oxidation sites excluding steroid dienone is 1. The molecule has 0 radical (unpaired) electrons. The smallest absolute Gasteiger partial charge is 0.394 e. The first-order chi connectivity index (χ1) is 20.4. The van der Waals surface area contributed by atoms with Gasteiger partial charge in [-0.05, 0) is 86.6 Å². The molecule has 0 saturated carbocycles. The van der Waals surface area contributed by atoms with Crippen LogP contribution in [0.4, 0.5) is 0 Å². The summed E-state index contributed by atoms with van der Waals surface area (Å²) in [7, 11) is 1.90. The molecule has 0 spiro atoms. The van der Waals surface area contributed by atoms with Gasteiger partial charge in [-0.1, -0.05) is 29.3 Å². The second-order valence-corrected chi connectivity index (χ2v) is 12.0. The quantitative estimate of drug-likeness (QED) is 0.263. The molecule has 3 aromatic rings. The lowest BCUT2D eigenvalue weighted by Gasteiger charge is -2.39. The fraction of sp³-hybridized carbons (Fsp3) is 0.375. The molecule has 1 saturated heterocycles. The SMILES string of the molecule is Cc1cc(OCCCC2=C(C(=O)N3CC(NC(=O)C(=O)O)C3)Cc3c2ccc(Cl)c3-c2c(C)nn(C)c2C)cc(C)c1Cl. The number of nitrogens with zero attached hydrogens (tertiary/aromatic N) is 3. The van der Waals surface area contributed by atoms with Crippen LogP contribution in [0, 0.1) is 27.7 Å². The van der Waals surface area contributed by atoms with Crippen LogP contribution in [-0.4, -0.2) is 63.3 Å². The van der Waals surface area contributed by atoms with E-state index < -0.39 is 17.9 Å². The van der Waals surface area contributed by atoms with E-state index in [9.17, 15) is 14.4 Å². The molecule has 0 bridgehead atoms. The number of aryl methyl sites for hydroxylation is 4. The van der Waals surface area contributed by atoms with E-state index in [2.05, 4.69) is 10.4 Å². The number of ether oxygens (including phenoxy) is 1. The lowest BCUT2D eigenvalue weighted by molar-refractivity contribution is -0.151. The van der Waals surface area contributed by atoms with Crippen LogP contribution >= 0.6 is 23.2 Å². The van der Waals surface area contributed by atoms with Gasteiger partial charge in [0.05, 0.1) is 18.3 Å². The van der Waals surface area contributed by atoms with E-state index in [1.54, 1.807) is 4.90 Å². The summed E-state index contributed by atoms with van der Waals surface area (Å²) in [6, 6.07) is 7.31. The predicted molar refractivity (Wildman–Crippen MR) is 166 cm³/mol. The van der Waals surface area contributed by atoms with Gasteiger partial charge in [0.2, 0.25) is 0 Å². The topological polar surface area (TPSA) is 114 Å². The Morgan fingerprint density at radius 3 is 2.35 bits per heavy atom. The first kappa shape index (κ1) is 30.6. The monoisotopic (exact) mass is 624 g/mol. The molecule has 2 aromatic carbocycles. The third kappa shape index (κ3) is 5.88. The molecule has 1 fully saturated rings. The lowest BCUT2D eigenvalue weighted by Crippen LogP contribution is -2.62. The molecule has 1 aliphatic heterocycles. The molecule has 1 aromatic heterocycles. The Labute approximate surface area is 260 Å². The standard InChI is InChI=1S/C32H34Cl2N4O5/c1-16-11-21(12-17(2)29(16)34)43-10-6-7-22-23-8-9-26(33)28(27-18(3)36-37(5)19(27)4)24(23)13-25(22)31(40)38-14-20(15-38)35-30(39)32(41)42/h8-9,11-12,20H,6-7,10,13-15H2,1-5H3,(H,35,39)(H,41,42). The summed E-state index contributed by atoms with van der Waals surface area (Å²) < 4.78 is 7.90. The normalized spacial score (nSPS) is 14.5. The number of benzene rings is 2. The summed E-state index contributed by atoms with van der Waals surface area (Å²) in [5, 5.41) is 17.3. The maximum Gasteiger partial charge on any atom is 0.394 e. The average Bonchev–Trinajstić information content (AvgIpc) is 3.42. The van der Waals surface area contributed by atoms with Crippen molar-refractivity contribution in [3.63, 3.8) is 0 Å². The van der Waals surface area contributed by atoms with Gasteiger partial charge in [-0.3, -0.25) is 14.3 Å². The van der Waals surface area contributed by atoms with Crippen LogP contribution in [0.5, 0.6) is 5.75 Å². The van der Waals surface area contributed by atoms with E-state index >= 15 is 0 Å². The minimum absolute atomic E-state index is 0.126. The van der Waals surface area contributed by atoms with E-state index in [1.165, 1.54) is 0 Å². The fourth-order valence-electron chi connectivity index (χ4n) is 6.03. The molecular weight excluding hydrogens is 591 g/mol. The molecule has 1 aliphatic carbocycles. The number of hydrogen-bond acceptors (Lipinski definition) is 5. The Balaban J connectivity index is 1.42. The molecule has 43 heavy (non-hydrogen) atoms. The van der Waals surface area contributed by atoms with Crippen molar-refractivity contribution in [2.24, 2.45) is 7.05 Å². The van der Waals surface area contributed by atoms with Gasteiger partial charge in [0.15, 0.2) is 0 Å². The second-order valence-electron chi connectivity index (χ2n) is 11.3. The number of carboxylic acid groups (broad SMARTS) is 1. The van der Waals surface area contributed by atoms with Crippen molar-refractivity contribution >= 4 is 46.6 Å². The number of likely N-dealkylation sites (tertiary alicyclic amines) is 1. The zero-order chi connectivity index (χ0) is 31.2. The molecule has 2 amide bonds. The third-order valence-corrected chi connectivity index (χ3v) is 9.18. The summed E-state index contributed by atoms with van der Waals surface area (Å²) in [5.74, 6) is -1.99. The number of hydrogen-bond donors (Lipinski definition) is 2. The highest BCUT2D eigenvalue weighted by Crippen LogP contribution is 2.46. The van der Waals surface area contributed by atoms with Crippen LogP contribution in [0.3, 0.4) is 0 Å². The number of fused-ring (bicyclic) bond motifs is 1. The molecule has 11 heteroatoms. The van der Waals surface area contributed by atoms with Crippen LogP contribution in [0.1, 0.15) is 46.5 Å². The zero-order valence-corrected chi connectivity index (χ0v) is 26.3. The predicted octanol–water partition coefficient (Wildman–Crippen LogP) is 5.21. The maximum absolute atomic E-state index is 13.8. The van der Waals surface area contributed by atoms with Gasteiger partial charge < -0.3 is 20.1 Å². The van der Waals surface area contributed by atoms with E-state index in [0.717, 1.165) is 61.1 Å². The van der Waals surface area contributed by atoms with Crippen LogP contribution < -0.4 is 10.1 Å². The van der Waals surface area contributed by atoms with Crippen molar-refractivity contribution in [3.05, 3.63) is 73.5 Å². The highest BCUT2D eigenvalue weighted by atomic mass is 35.5. The van der Waals surface area contributed by atoms with Crippen molar-refractivity contribution < 1.29 is 24.2 Å². The summed E-state index contributed by atoms with van der Waals surface area (Å²) in [6.45, 7) is 8.80. The van der Waals surface area contributed by atoms with Crippen LogP contribution in [0.2, 0.25) is 10.0 Å². The van der Waals surface area contributed by atoms with Gasteiger partial charge in [0, 0.05) is 59.0 Å². The van der Waals surface area contributed by atoms with Crippen molar-refractivity contribution in [3.8, 4) is 16.9 Å². The second kappa shape index (κ2) is 12.1. The van der Waals surface area contributed by atoms with Crippen LogP contribution in [0.25, 0.3) is 16.7 Å². The molecule has 5 rings (SSSR count). The number of carbonyl (C=O) groups excluding carboxylic acids is 2. The number of aliphatic carboxylic acids is 1. The molecule has 0 unspecified atom stereocenters. The Bertz CT molecular complexity index is 1660. The summed E-state index contributed by atoms with van der Waals surface area (Å²) in [4.78, 5) is 38.0. The summed E-state index contributed by atoms with van der Waals surface area (Å²) in [6.07, 6.45) is 1.69. The molecule has 0 atom stereocenters. The number of rotatable bonds is 8. The van der Waals surface area contributed by atoms with Crippen LogP contribution in [0.15, 0.2) is 29.8 Å². The Hall–Kier alpha value is -3.82. The molecule has 2 aliphatic rings. The van der Waals surface area contributed by atoms with E-state index in [1.807, 2.05) is 63.7 Å². The minimum Gasteiger partial charge on any atom is -0.494 e. The van der Waals surface area contributed by atoms with Gasteiger partial charge in [-0.2, -0.15) is 5.10 Å². The molecular formula is C32H34Cl2N4O5. The summed E-state index contributed by atoms with van der Waals surface area (Å²) >= 11 is 13.1. The average molecular weight is 626 g/mol. The molecule has 2 heterocycles. The maximum atomic E-state index is 13.8. The Kier molecular flexibility index (Phi) is 8.58. The highest BCUT2D eigenvalue weighted by molar-refractivity contribution is 6.34.